The Morgan fingerprint density at radius 3 is 1.17 bits per heavy atom. The van der Waals surface area contributed by atoms with Gasteiger partial charge in [-0.2, -0.15) is 29.9 Å². The van der Waals surface area contributed by atoms with Crippen molar-refractivity contribution in [1.82, 2.24) is 76.4 Å². The number of aromatic amines is 3. The van der Waals surface area contributed by atoms with Crippen LogP contribution in [0.1, 0.15) is 80.2 Å². The van der Waals surface area contributed by atoms with Crippen molar-refractivity contribution in [3.63, 3.8) is 0 Å². The Balaban J connectivity index is 0.000000130. The lowest BCUT2D eigenvalue weighted by molar-refractivity contribution is -0.135. The number of aryl methyl sites for hydroxylation is 1. The molecule has 0 bridgehead atoms. The van der Waals surface area contributed by atoms with E-state index in [1.807, 2.05) is 93.1 Å². The molecule has 1 atom stereocenters. The monoisotopic (exact) mass is 1660 g/mol. The van der Waals surface area contributed by atoms with E-state index in [4.69, 9.17) is 71.7 Å². The van der Waals surface area contributed by atoms with Gasteiger partial charge in [-0.15, -0.1) is 0 Å². The Kier molecular flexibility index (Phi) is 22.9. The standard InChI is InChI=1S/C30H30F2N6O4.C29H28N6O6.C29H30N6O4/c1-16(33-2)17-4-6-18(7-5-17)22-13-34-26-25(22)28(42-21-11-30(31,32)12-21)38-29(37-26)36-23-9-8-19(10-24(23)40-3)27(39)35-20-14-41-15-20;1-15-31-22-5-3-16(9-24(22)40-15)20-11-30-26-25(20)28(41-19-7-8-38-14-19)35-29(34-26)33-21-6-4-17(10-23(21)37-2)27(36)32-18-12-39-13-18;1-16(30-2)17-4-6-18(7-5-17)22-13-31-26-25(22)28(39-21-9-10-21)35-29(34-26)33-23-11-8-19(12-24(23)37-3)27(36)32-20-14-38-15-20/h4-10,13,20-21,33H,1,11-12,14-15H2,2-3H3,(H,35,39)(H2,34,36,37,38);3-6,9-11,18-19H,7-8,12-14H2,1-2H3,(H,32,36)(H2,30,33,34,35);4-8,11-13,20-21,30H,1,9-10,14-15H2,2-3H3,(H,32,36)(H2,31,33,34,35)/t;19-;/m.0./s1. The van der Waals surface area contributed by atoms with Crippen molar-refractivity contribution >= 4 is 108 Å². The minimum absolute atomic E-state index is 0.00751. The molecule has 6 fully saturated rings. The van der Waals surface area contributed by atoms with Crippen LogP contribution in [0.15, 0.2) is 157 Å². The van der Waals surface area contributed by atoms with Gasteiger partial charge in [-0.1, -0.05) is 67.8 Å². The number of carbonyl (C=O) groups is 3. The molecule has 4 saturated heterocycles. The fourth-order valence-corrected chi connectivity index (χ4v) is 14.2. The lowest BCUT2D eigenvalue weighted by Crippen LogP contribution is -2.48. The summed E-state index contributed by atoms with van der Waals surface area (Å²) >= 11 is 0. The van der Waals surface area contributed by atoms with Crippen LogP contribution in [0, 0.1) is 6.92 Å². The largest absolute Gasteiger partial charge is 0.495 e. The highest BCUT2D eigenvalue weighted by molar-refractivity contribution is 6.02. The summed E-state index contributed by atoms with van der Waals surface area (Å²) in [6.45, 7) is 14.1. The zero-order valence-electron chi connectivity index (χ0n) is 67.5. The first kappa shape index (κ1) is 80.5. The summed E-state index contributed by atoms with van der Waals surface area (Å²) in [5, 5.41) is 26.6. The van der Waals surface area contributed by atoms with E-state index < -0.39 is 12.0 Å². The van der Waals surface area contributed by atoms with E-state index in [1.165, 1.54) is 7.11 Å². The molecule has 0 spiro atoms. The van der Waals surface area contributed by atoms with Gasteiger partial charge < -0.3 is 109 Å². The average Bonchev–Trinajstić information content (AvgIpc) is 1.62. The van der Waals surface area contributed by atoms with Crippen LogP contribution < -0.4 is 71.0 Å². The summed E-state index contributed by atoms with van der Waals surface area (Å²) in [6, 6.07) is 37.2. The van der Waals surface area contributed by atoms with E-state index in [1.54, 1.807) is 82.1 Å². The number of H-pyrrole nitrogens is 3. The van der Waals surface area contributed by atoms with Crippen LogP contribution >= 0.6 is 0 Å². The highest BCUT2D eigenvalue weighted by atomic mass is 19.3. The predicted molar refractivity (Wildman–Crippen MR) is 454 cm³/mol. The van der Waals surface area contributed by atoms with Crippen LogP contribution in [0.5, 0.6) is 34.9 Å². The Morgan fingerprint density at radius 2 is 0.820 bits per heavy atom. The first-order valence-corrected chi connectivity index (χ1v) is 39.8. The molecule has 122 heavy (non-hydrogen) atoms. The van der Waals surface area contributed by atoms with Gasteiger partial charge in [0.05, 0.1) is 126 Å². The Bertz CT molecular complexity index is 6110. The van der Waals surface area contributed by atoms with Crippen molar-refractivity contribution in [3.05, 3.63) is 187 Å². The topological polar surface area (TPSA) is 390 Å². The third-order valence-electron chi connectivity index (χ3n) is 21.3. The molecular weight excluding hydrogens is 1570 g/mol. The number of amides is 3. The lowest BCUT2D eigenvalue weighted by atomic mass is 9.91. The second-order valence-corrected chi connectivity index (χ2v) is 30.0. The van der Waals surface area contributed by atoms with Crippen LogP contribution in [0.3, 0.4) is 0 Å². The molecule has 11 N–H and O–H groups in total. The lowest BCUT2D eigenvalue weighted by Gasteiger charge is -2.34. The highest BCUT2D eigenvalue weighted by Gasteiger charge is 2.47. The maximum absolute atomic E-state index is 13.7. The van der Waals surface area contributed by atoms with Crippen molar-refractivity contribution in [2.24, 2.45) is 0 Å². The van der Waals surface area contributed by atoms with E-state index in [2.05, 4.69) is 85.6 Å². The number of carbonyl (C=O) groups excluding carboxylic acids is 3. The average molecular weight is 1660 g/mol. The Hall–Kier alpha value is -14.0. The molecule has 3 amide bonds. The number of ether oxygens (including phenoxy) is 10. The molecule has 32 nitrogen and oxygen atoms in total. The van der Waals surface area contributed by atoms with Crippen molar-refractivity contribution in [2.75, 3.05) is 104 Å². The van der Waals surface area contributed by atoms with Gasteiger partial charge in [0.25, 0.3) is 23.6 Å². The number of oxazole rings is 1. The molecule has 11 heterocycles. The molecule has 628 valence electrons. The van der Waals surface area contributed by atoms with Crippen molar-refractivity contribution in [3.8, 4) is 68.3 Å². The number of anilines is 6. The number of hydrogen-bond acceptors (Lipinski definition) is 26. The number of nitrogens with zero attached hydrogens (tertiary/aromatic N) is 7. The van der Waals surface area contributed by atoms with Gasteiger partial charge in [0, 0.05) is 104 Å². The minimum atomic E-state index is -2.75. The van der Waals surface area contributed by atoms with Crippen molar-refractivity contribution in [1.29, 1.82) is 0 Å². The summed E-state index contributed by atoms with van der Waals surface area (Å²) < 4.78 is 89.3. The summed E-state index contributed by atoms with van der Waals surface area (Å²) in [7, 11) is 8.25. The van der Waals surface area contributed by atoms with Gasteiger partial charge in [0.15, 0.2) is 11.5 Å². The molecule has 4 aliphatic heterocycles. The molecule has 34 heteroatoms. The maximum Gasteiger partial charge on any atom is 0.255 e. The number of nitrogens with one attached hydrogen (secondary N) is 11. The summed E-state index contributed by atoms with van der Waals surface area (Å²) in [4.78, 5) is 80.1. The van der Waals surface area contributed by atoms with Gasteiger partial charge >= 0.3 is 0 Å². The first-order valence-electron chi connectivity index (χ1n) is 39.8. The minimum Gasteiger partial charge on any atom is -0.495 e. The normalized spacial score (nSPS) is 16.1. The number of halogens is 2. The van der Waals surface area contributed by atoms with Crippen LogP contribution in [0.25, 0.3) is 89.0 Å². The van der Waals surface area contributed by atoms with Crippen LogP contribution in [-0.4, -0.2) is 198 Å². The van der Waals surface area contributed by atoms with Gasteiger partial charge in [-0.05, 0) is 107 Å². The van der Waals surface area contributed by atoms with E-state index in [9.17, 15) is 23.2 Å². The Morgan fingerprint density at radius 1 is 0.443 bits per heavy atom. The zero-order valence-corrected chi connectivity index (χ0v) is 67.5. The number of rotatable bonds is 28. The molecule has 7 aromatic heterocycles. The zero-order chi connectivity index (χ0) is 84.3. The number of hydrogen-bond donors (Lipinski definition) is 11. The maximum atomic E-state index is 13.7. The molecule has 19 rings (SSSR count). The molecule has 0 radical (unpaired) electrons. The predicted octanol–water partition coefficient (Wildman–Crippen LogP) is 13.2. The number of fused-ring (bicyclic) bond motifs is 4. The highest BCUT2D eigenvalue weighted by Crippen LogP contribution is 2.45. The van der Waals surface area contributed by atoms with Gasteiger partial charge in [0.1, 0.15) is 58.0 Å². The van der Waals surface area contributed by atoms with Gasteiger partial charge in [-0.25, -0.2) is 13.8 Å². The number of benzene rings is 6. The second kappa shape index (κ2) is 34.8. The molecule has 6 aliphatic rings. The van der Waals surface area contributed by atoms with Crippen molar-refractivity contribution < 1.29 is 75.0 Å². The number of alkyl halides is 2. The van der Waals surface area contributed by atoms with E-state index in [-0.39, 0.29) is 72.7 Å². The third kappa shape index (κ3) is 17.7. The van der Waals surface area contributed by atoms with Crippen LogP contribution in [0.4, 0.5) is 43.7 Å². The van der Waals surface area contributed by atoms with Gasteiger partial charge in [-0.3, -0.25) is 14.4 Å². The van der Waals surface area contributed by atoms with Gasteiger partial charge in [0.2, 0.25) is 35.5 Å². The molecular formula is C88H88F2N18O14. The number of aromatic nitrogens is 10. The quantitative estimate of drug-likeness (QED) is 0.0217. The summed E-state index contributed by atoms with van der Waals surface area (Å²) in [5.41, 5.74) is 15.3. The SMILES string of the molecule is C=C(NC)c1ccc(-c2c[nH]c3nc(Nc4ccc(C(=O)NC5COC5)cc4OC)nc(OC4CC(F)(F)C4)c23)cc1.C=C(NC)c1ccc(-c2c[nH]c3nc(Nc4ccc(C(=O)NC5COC5)cc4OC)nc(OC4CC4)c23)cc1.COc1cc(C(=O)NC2COC2)ccc1Nc1nc(O[C@H]2CCOC2)c2c(-c3ccc4nc(C)oc4c3)c[nH]c2n1. The summed E-state index contributed by atoms with van der Waals surface area (Å²) in [5.74, 6) is 0.581. The fraction of sp³-hybridized carbons (Fsp3) is 0.295. The summed E-state index contributed by atoms with van der Waals surface area (Å²) in [6.07, 6.45) is 6.93. The molecule has 2 saturated carbocycles. The molecule has 2 aliphatic carbocycles. The molecule has 6 aromatic carbocycles. The van der Waals surface area contributed by atoms with E-state index in [0.717, 1.165) is 91.5 Å². The fourth-order valence-electron chi connectivity index (χ4n) is 14.2. The smallest absolute Gasteiger partial charge is 0.255 e. The second-order valence-electron chi connectivity index (χ2n) is 30.0. The van der Waals surface area contributed by atoms with Crippen molar-refractivity contribution in [2.45, 2.75) is 81.4 Å². The first-order chi connectivity index (χ1) is 59.3. The number of methoxy groups -OCH3 is 3. The van der Waals surface area contributed by atoms with Crippen LogP contribution in [-0.2, 0) is 18.9 Å². The molecule has 13 aromatic rings. The third-order valence-corrected chi connectivity index (χ3v) is 21.3. The van der Waals surface area contributed by atoms with Crippen LogP contribution in [0.2, 0.25) is 0 Å². The van der Waals surface area contributed by atoms with E-state index in [0.29, 0.717) is 161 Å². The Labute approximate surface area is 697 Å². The molecule has 0 unspecified atom stereocenters. The van der Waals surface area contributed by atoms with E-state index >= 15 is 0 Å².